The van der Waals surface area contributed by atoms with Gasteiger partial charge < -0.3 is 15.2 Å². The Morgan fingerprint density at radius 2 is 1.74 bits per heavy atom. The summed E-state index contributed by atoms with van der Waals surface area (Å²) in [6.45, 7) is 0.0908. The molecule has 4 amide bonds. The van der Waals surface area contributed by atoms with E-state index in [2.05, 4.69) is 10.6 Å². The number of nitrogens with zero attached hydrogens (tertiary/aromatic N) is 2. The lowest BCUT2D eigenvalue weighted by Gasteiger charge is -2.11. The summed E-state index contributed by atoms with van der Waals surface area (Å²) in [5.74, 6) is -0.658. The molecule has 168 valence electrons. The zero-order chi connectivity index (χ0) is 23.7. The van der Waals surface area contributed by atoms with Gasteiger partial charge in [-0.2, -0.15) is 0 Å². The first-order chi connectivity index (χ1) is 16.5. The number of carbonyl (C=O) groups is 3. The molecule has 8 heteroatoms. The monoisotopic (exact) mass is 470 g/mol. The molecule has 0 radical (unpaired) electrons. The quantitative estimate of drug-likeness (QED) is 0.317. The highest BCUT2D eigenvalue weighted by Crippen LogP contribution is 2.28. The van der Waals surface area contributed by atoms with Crippen LogP contribution in [0.25, 0.3) is 17.0 Å². The highest BCUT2D eigenvalue weighted by atomic mass is 35.5. The summed E-state index contributed by atoms with van der Waals surface area (Å²) in [4.78, 5) is 39.2. The predicted molar refractivity (Wildman–Crippen MR) is 132 cm³/mol. The van der Waals surface area contributed by atoms with Crippen molar-refractivity contribution in [1.29, 1.82) is 0 Å². The Morgan fingerprint density at radius 1 is 0.971 bits per heavy atom. The van der Waals surface area contributed by atoms with E-state index in [4.69, 9.17) is 11.6 Å². The largest absolute Gasteiger partial charge is 0.337 e. The summed E-state index contributed by atoms with van der Waals surface area (Å²) in [6, 6.07) is 22.8. The maximum absolute atomic E-state index is 13.0. The molecule has 1 fully saturated rings. The fourth-order valence-electron chi connectivity index (χ4n) is 3.94. The molecule has 2 N–H and O–H groups in total. The number of nitrogens with one attached hydrogen (secondary N) is 2. The van der Waals surface area contributed by atoms with Gasteiger partial charge in [0.1, 0.15) is 12.2 Å². The summed E-state index contributed by atoms with van der Waals surface area (Å²) in [6.07, 6.45) is 3.42. The molecule has 0 unspecified atom stereocenters. The van der Waals surface area contributed by atoms with Crippen LogP contribution in [0.15, 0.2) is 90.8 Å². The Labute approximate surface area is 200 Å². The van der Waals surface area contributed by atoms with Gasteiger partial charge in [-0.1, -0.05) is 54.1 Å². The third-order valence-electron chi connectivity index (χ3n) is 5.44. The molecule has 3 aromatic carbocycles. The normalized spacial score (nSPS) is 14.6. The molecule has 1 aromatic heterocycles. The van der Waals surface area contributed by atoms with Gasteiger partial charge in [0.05, 0.1) is 5.69 Å². The molecule has 1 aliphatic rings. The first-order valence-corrected chi connectivity index (χ1v) is 10.9. The molecule has 34 heavy (non-hydrogen) atoms. The van der Waals surface area contributed by atoms with Crippen LogP contribution in [-0.4, -0.2) is 22.4 Å². The van der Waals surface area contributed by atoms with Gasteiger partial charge in [-0.05, 0) is 42.5 Å². The second-order valence-electron chi connectivity index (χ2n) is 7.75. The van der Waals surface area contributed by atoms with E-state index >= 15 is 0 Å². The average Bonchev–Trinajstić information content (AvgIpc) is 3.30. The van der Waals surface area contributed by atoms with Crippen molar-refractivity contribution in [2.75, 3.05) is 10.2 Å². The molecule has 0 atom stereocenters. The van der Waals surface area contributed by atoms with Crippen molar-refractivity contribution in [1.82, 2.24) is 9.88 Å². The van der Waals surface area contributed by atoms with Crippen LogP contribution >= 0.6 is 11.6 Å². The van der Waals surface area contributed by atoms with Crippen LogP contribution in [0.2, 0.25) is 5.02 Å². The Kier molecular flexibility index (Phi) is 5.61. The number of benzene rings is 3. The highest BCUT2D eigenvalue weighted by molar-refractivity contribution is 6.32. The van der Waals surface area contributed by atoms with Crippen molar-refractivity contribution < 1.29 is 14.4 Å². The molecule has 0 spiro atoms. The van der Waals surface area contributed by atoms with Crippen molar-refractivity contribution in [2.45, 2.75) is 6.54 Å². The smallest absolute Gasteiger partial charge is 0.333 e. The van der Waals surface area contributed by atoms with E-state index < -0.39 is 11.9 Å². The van der Waals surface area contributed by atoms with E-state index in [1.807, 2.05) is 59.2 Å². The van der Waals surface area contributed by atoms with Gasteiger partial charge >= 0.3 is 6.03 Å². The van der Waals surface area contributed by atoms with Gasteiger partial charge in [-0.3, -0.25) is 9.59 Å². The zero-order valence-corrected chi connectivity index (χ0v) is 18.6. The lowest BCUT2D eigenvalue weighted by molar-refractivity contribution is -0.116. The van der Waals surface area contributed by atoms with E-state index in [1.165, 1.54) is 0 Å². The minimum Gasteiger partial charge on any atom is -0.337 e. The molecule has 0 bridgehead atoms. The number of carbonyl (C=O) groups excluding carboxylic acids is 3. The van der Waals surface area contributed by atoms with Crippen LogP contribution in [0.5, 0.6) is 0 Å². The Hall–Kier alpha value is -4.36. The minimum atomic E-state index is -0.551. The maximum atomic E-state index is 13.0. The second-order valence-corrected chi connectivity index (χ2v) is 8.19. The number of para-hydroxylation sites is 2. The summed E-state index contributed by atoms with van der Waals surface area (Å²) in [5.41, 5.74) is 2.78. The van der Waals surface area contributed by atoms with Crippen LogP contribution in [0.4, 0.5) is 16.2 Å². The van der Waals surface area contributed by atoms with E-state index in [9.17, 15) is 14.4 Å². The lowest BCUT2D eigenvalue weighted by atomic mass is 10.1. The molecular weight excluding hydrogens is 452 g/mol. The van der Waals surface area contributed by atoms with Crippen molar-refractivity contribution >= 4 is 57.8 Å². The van der Waals surface area contributed by atoms with Gasteiger partial charge in [0, 0.05) is 33.4 Å². The Bertz CT molecular complexity index is 1460. The standard InChI is InChI=1S/C26H19ClN4O3/c27-18-7-6-10-20(14-18)31-25(33)22(29-26(31)34)13-17-15-30(23-12-5-4-11-21(17)23)16-24(32)28-19-8-2-1-3-9-19/h1-15H,16H2,(H,28,32)(H,29,34). The molecule has 5 rings (SSSR count). The van der Waals surface area contributed by atoms with Crippen molar-refractivity contribution in [3.8, 4) is 0 Å². The first-order valence-electron chi connectivity index (χ1n) is 10.5. The summed E-state index contributed by atoms with van der Waals surface area (Å²) < 4.78 is 1.82. The van der Waals surface area contributed by atoms with Gasteiger partial charge in [-0.25, -0.2) is 9.69 Å². The van der Waals surface area contributed by atoms with E-state index in [0.29, 0.717) is 22.0 Å². The maximum Gasteiger partial charge on any atom is 0.333 e. The first kappa shape index (κ1) is 21.5. The van der Waals surface area contributed by atoms with Crippen molar-refractivity contribution in [2.24, 2.45) is 0 Å². The minimum absolute atomic E-state index is 0.0908. The fourth-order valence-corrected chi connectivity index (χ4v) is 4.12. The van der Waals surface area contributed by atoms with Crippen LogP contribution in [0.1, 0.15) is 5.56 Å². The molecular formula is C26H19ClN4O3. The molecule has 1 saturated heterocycles. The van der Waals surface area contributed by atoms with Gasteiger partial charge in [-0.15, -0.1) is 0 Å². The SMILES string of the molecule is O=C(Cn1cc(C=C2NC(=O)N(c3cccc(Cl)c3)C2=O)c2ccccc21)Nc1ccccc1. The summed E-state index contributed by atoms with van der Waals surface area (Å²) >= 11 is 6.03. The van der Waals surface area contributed by atoms with Crippen LogP contribution in [0, 0.1) is 0 Å². The number of imide groups is 1. The fraction of sp³-hybridized carbons (Fsp3) is 0.0385. The summed E-state index contributed by atoms with van der Waals surface area (Å²) in [5, 5.41) is 6.79. The number of rotatable bonds is 5. The Balaban J connectivity index is 1.45. The van der Waals surface area contributed by atoms with Gasteiger partial charge in [0.2, 0.25) is 5.91 Å². The number of anilines is 2. The van der Waals surface area contributed by atoms with Gasteiger partial charge in [0.25, 0.3) is 5.91 Å². The number of aromatic nitrogens is 1. The number of fused-ring (bicyclic) bond motifs is 1. The summed E-state index contributed by atoms with van der Waals surface area (Å²) in [7, 11) is 0. The Morgan fingerprint density at radius 3 is 2.53 bits per heavy atom. The highest BCUT2D eigenvalue weighted by Gasteiger charge is 2.35. The third-order valence-corrected chi connectivity index (χ3v) is 5.67. The molecule has 4 aromatic rings. The third kappa shape index (κ3) is 4.16. The number of urea groups is 1. The molecule has 1 aliphatic heterocycles. The van der Waals surface area contributed by atoms with E-state index in [0.717, 1.165) is 15.8 Å². The van der Waals surface area contributed by atoms with E-state index in [1.54, 1.807) is 36.5 Å². The second kappa shape index (κ2) is 8.88. The number of hydrogen-bond donors (Lipinski definition) is 2. The average molecular weight is 471 g/mol. The number of hydrogen-bond acceptors (Lipinski definition) is 3. The molecule has 2 heterocycles. The van der Waals surface area contributed by atoms with Crippen LogP contribution < -0.4 is 15.5 Å². The predicted octanol–water partition coefficient (Wildman–Crippen LogP) is 5.03. The molecule has 0 aliphatic carbocycles. The number of amides is 4. The van der Waals surface area contributed by atoms with Crippen LogP contribution in [0.3, 0.4) is 0 Å². The molecule has 7 nitrogen and oxygen atoms in total. The van der Waals surface area contributed by atoms with Crippen molar-refractivity contribution in [3.63, 3.8) is 0 Å². The zero-order valence-electron chi connectivity index (χ0n) is 17.9. The number of halogens is 1. The van der Waals surface area contributed by atoms with E-state index in [-0.39, 0.29) is 18.1 Å². The lowest BCUT2D eigenvalue weighted by Crippen LogP contribution is -2.30. The van der Waals surface area contributed by atoms with Gasteiger partial charge in [0.15, 0.2) is 0 Å². The molecule has 0 saturated carbocycles. The van der Waals surface area contributed by atoms with Crippen molar-refractivity contribution in [3.05, 3.63) is 101 Å². The topological polar surface area (TPSA) is 83.4 Å². The van der Waals surface area contributed by atoms with Crippen LogP contribution in [-0.2, 0) is 16.1 Å².